The summed E-state index contributed by atoms with van der Waals surface area (Å²) < 4.78 is 0. The third kappa shape index (κ3) is 2.98. The van der Waals surface area contributed by atoms with Crippen LogP contribution in [0.4, 0.5) is 0 Å². The summed E-state index contributed by atoms with van der Waals surface area (Å²) in [7, 11) is 0. The van der Waals surface area contributed by atoms with E-state index in [0.29, 0.717) is 12.0 Å². The Hall–Kier alpha value is -0.0400. The highest BCUT2D eigenvalue weighted by molar-refractivity contribution is 4.80. The SMILES string of the molecule is CC(C)C(N)C(C)C1CCCCC1. The van der Waals surface area contributed by atoms with Gasteiger partial charge in [-0.05, 0) is 17.8 Å². The summed E-state index contributed by atoms with van der Waals surface area (Å²) in [4.78, 5) is 0. The van der Waals surface area contributed by atoms with Crippen molar-refractivity contribution in [3.05, 3.63) is 0 Å². The van der Waals surface area contributed by atoms with Crippen LogP contribution in [0.1, 0.15) is 52.9 Å². The minimum Gasteiger partial charge on any atom is -0.327 e. The Kier molecular flexibility index (Phi) is 4.24. The van der Waals surface area contributed by atoms with Gasteiger partial charge >= 0.3 is 0 Å². The van der Waals surface area contributed by atoms with Crippen molar-refractivity contribution < 1.29 is 0 Å². The van der Waals surface area contributed by atoms with E-state index in [1.807, 2.05) is 0 Å². The fourth-order valence-corrected chi connectivity index (χ4v) is 2.58. The molecule has 1 rings (SSSR count). The average molecular weight is 183 g/mol. The lowest BCUT2D eigenvalue weighted by atomic mass is 9.75. The second-order valence-electron chi connectivity index (χ2n) is 5.08. The topological polar surface area (TPSA) is 26.0 Å². The van der Waals surface area contributed by atoms with E-state index in [2.05, 4.69) is 20.8 Å². The smallest absolute Gasteiger partial charge is 0.00903 e. The van der Waals surface area contributed by atoms with E-state index in [-0.39, 0.29) is 0 Å². The monoisotopic (exact) mass is 183 g/mol. The van der Waals surface area contributed by atoms with Gasteiger partial charge in [-0.3, -0.25) is 0 Å². The number of hydrogen-bond donors (Lipinski definition) is 1. The van der Waals surface area contributed by atoms with Crippen molar-refractivity contribution in [3.63, 3.8) is 0 Å². The normalized spacial score (nSPS) is 24.7. The first kappa shape index (κ1) is 11.0. The van der Waals surface area contributed by atoms with Gasteiger partial charge in [0, 0.05) is 6.04 Å². The molecule has 0 aliphatic heterocycles. The highest BCUT2D eigenvalue weighted by Gasteiger charge is 2.26. The Bertz CT molecular complexity index is 136. The van der Waals surface area contributed by atoms with Gasteiger partial charge in [0.05, 0.1) is 0 Å². The molecule has 2 unspecified atom stereocenters. The Labute approximate surface area is 83.1 Å². The molecule has 0 bridgehead atoms. The molecule has 0 aromatic heterocycles. The first-order chi connectivity index (χ1) is 6.13. The molecule has 1 aliphatic rings. The average Bonchev–Trinajstić information content (AvgIpc) is 2.17. The molecule has 0 spiro atoms. The van der Waals surface area contributed by atoms with E-state index in [1.54, 1.807) is 0 Å². The van der Waals surface area contributed by atoms with E-state index in [1.165, 1.54) is 32.1 Å². The first-order valence-electron chi connectivity index (χ1n) is 5.88. The summed E-state index contributed by atoms with van der Waals surface area (Å²) in [5.41, 5.74) is 6.19. The Morgan fingerprint density at radius 3 is 2.00 bits per heavy atom. The van der Waals surface area contributed by atoms with Crippen LogP contribution in [0, 0.1) is 17.8 Å². The van der Waals surface area contributed by atoms with Crippen molar-refractivity contribution in [1.29, 1.82) is 0 Å². The maximum Gasteiger partial charge on any atom is 0.00903 e. The molecule has 0 radical (unpaired) electrons. The predicted molar refractivity (Wildman–Crippen MR) is 58.6 cm³/mol. The van der Waals surface area contributed by atoms with Crippen LogP contribution in [0.2, 0.25) is 0 Å². The van der Waals surface area contributed by atoms with E-state index >= 15 is 0 Å². The zero-order chi connectivity index (χ0) is 9.84. The molecule has 78 valence electrons. The van der Waals surface area contributed by atoms with Crippen LogP contribution in [0.5, 0.6) is 0 Å². The summed E-state index contributed by atoms with van der Waals surface area (Å²) in [6.07, 6.45) is 7.14. The molecule has 13 heavy (non-hydrogen) atoms. The third-order valence-electron chi connectivity index (χ3n) is 3.77. The van der Waals surface area contributed by atoms with Crippen molar-refractivity contribution in [2.75, 3.05) is 0 Å². The standard InChI is InChI=1S/C12H25N/c1-9(2)12(13)10(3)11-7-5-4-6-8-11/h9-12H,4-8,13H2,1-3H3. The molecule has 2 N–H and O–H groups in total. The number of hydrogen-bond acceptors (Lipinski definition) is 1. The molecular weight excluding hydrogens is 158 g/mol. The molecular formula is C12H25N. The summed E-state index contributed by atoms with van der Waals surface area (Å²) in [5, 5.41) is 0. The molecule has 2 atom stereocenters. The Morgan fingerprint density at radius 1 is 1.00 bits per heavy atom. The summed E-state index contributed by atoms with van der Waals surface area (Å²) >= 11 is 0. The van der Waals surface area contributed by atoms with Gasteiger partial charge in [-0.1, -0.05) is 52.9 Å². The van der Waals surface area contributed by atoms with Gasteiger partial charge in [0.2, 0.25) is 0 Å². The van der Waals surface area contributed by atoms with Crippen molar-refractivity contribution in [2.45, 2.75) is 58.9 Å². The Balaban J connectivity index is 2.40. The van der Waals surface area contributed by atoms with Crippen LogP contribution in [-0.4, -0.2) is 6.04 Å². The van der Waals surface area contributed by atoms with E-state index in [4.69, 9.17) is 5.73 Å². The summed E-state index contributed by atoms with van der Waals surface area (Å²) in [6.45, 7) is 6.83. The second kappa shape index (κ2) is 4.99. The molecule has 1 aliphatic carbocycles. The lowest BCUT2D eigenvalue weighted by Gasteiger charge is -2.33. The molecule has 1 nitrogen and oxygen atoms in total. The molecule has 1 heteroatoms. The first-order valence-corrected chi connectivity index (χ1v) is 5.88. The molecule has 0 aromatic rings. The minimum absolute atomic E-state index is 0.406. The van der Waals surface area contributed by atoms with Crippen molar-refractivity contribution in [1.82, 2.24) is 0 Å². The maximum atomic E-state index is 6.19. The van der Waals surface area contributed by atoms with Gasteiger partial charge in [0.25, 0.3) is 0 Å². The van der Waals surface area contributed by atoms with E-state index in [9.17, 15) is 0 Å². The lowest BCUT2D eigenvalue weighted by Crippen LogP contribution is -2.38. The molecule has 0 amide bonds. The van der Waals surface area contributed by atoms with Crippen molar-refractivity contribution in [3.8, 4) is 0 Å². The van der Waals surface area contributed by atoms with Gasteiger partial charge in [-0.25, -0.2) is 0 Å². The van der Waals surface area contributed by atoms with Crippen LogP contribution >= 0.6 is 0 Å². The molecule has 0 aromatic carbocycles. The predicted octanol–water partition coefficient (Wildman–Crippen LogP) is 3.19. The fourth-order valence-electron chi connectivity index (χ4n) is 2.58. The van der Waals surface area contributed by atoms with Crippen molar-refractivity contribution in [2.24, 2.45) is 23.5 Å². The minimum atomic E-state index is 0.406. The van der Waals surface area contributed by atoms with Gasteiger partial charge in [-0.2, -0.15) is 0 Å². The third-order valence-corrected chi connectivity index (χ3v) is 3.77. The van der Waals surface area contributed by atoms with Crippen LogP contribution in [0.25, 0.3) is 0 Å². The second-order valence-corrected chi connectivity index (χ2v) is 5.08. The lowest BCUT2D eigenvalue weighted by molar-refractivity contribution is 0.207. The zero-order valence-electron chi connectivity index (χ0n) is 9.42. The molecule has 0 saturated heterocycles. The molecule has 1 saturated carbocycles. The fraction of sp³-hybridized carbons (Fsp3) is 1.00. The van der Waals surface area contributed by atoms with Crippen LogP contribution < -0.4 is 5.73 Å². The highest BCUT2D eigenvalue weighted by atomic mass is 14.7. The van der Waals surface area contributed by atoms with Gasteiger partial charge in [0.1, 0.15) is 0 Å². The largest absolute Gasteiger partial charge is 0.327 e. The number of nitrogens with two attached hydrogens (primary N) is 1. The van der Waals surface area contributed by atoms with Crippen molar-refractivity contribution >= 4 is 0 Å². The quantitative estimate of drug-likeness (QED) is 0.714. The van der Waals surface area contributed by atoms with E-state index in [0.717, 1.165) is 11.8 Å². The summed E-state index contributed by atoms with van der Waals surface area (Å²) in [6, 6.07) is 0.406. The van der Waals surface area contributed by atoms with E-state index < -0.39 is 0 Å². The van der Waals surface area contributed by atoms with Gasteiger partial charge in [-0.15, -0.1) is 0 Å². The molecule has 1 fully saturated rings. The number of rotatable bonds is 3. The Morgan fingerprint density at radius 2 is 1.54 bits per heavy atom. The molecule has 0 heterocycles. The van der Waals surface area contributed by atoms with Crippen LogP contribution in [0.15, 0.2) is 0 Å². The summed E-state index contributed by atoms with van der Waals surface area (Å²) in [5.74, 6) is 2.27. The van der Waals surface area contributed by atoms with Gasteiger partial charge in [0.15, 0.2) is 0 Å². The van der Waals surface area contributed by atoms with Crippen LogP contribution in [0.3, 0.4) is 0 Å². The van der Waals surface area contributed by atoms with Crippen LogP contribution in [-0.2, 0) is 0 Å². The highest BCUT2D eigenvalue weighted by Crippen LogP contribution is 2.32. The maximum absolute atomic E-state index is 6.19. The zero-order valence-corrected chi connectivity index (χ0v) is 9.42. The van der Waals surface area contributed by atoms with Gasteiger partial charge < -0.3 is 5.73 Å².